The van der Waals surface area contributed by atoms with Crippen LogP contribution in [-0.2, 0) is 0 Å². The number of hydrogen-bond donors (Lipinski definition) is 1. The first kappa shape index (κ1) is 11.4. The number of halogens is 3. The molecule has 4 heteroatoms. The largest absolute Gasteiger partial charge is 0.506 e. The highest BCUT2D eigenvalue weighted by atomic mass is 79.9. The molecule has 0 saturated heterocycles. The van der Waals surface area contributed by atoms with E-state index in [1.807, 2.05) is 0 Å². The molecule has 0 aliphatic rings. The lowest BCUT2D eigenvalue weighted by Crippen LogP contribution is -1.87. The summed E-state index contributed by atoms with van der Waals surface area (Å²) in [6, 6.07) is 9.46. The molecule has 0 aromatic heterocycles. The Balaban J connectivity index is 2.73. The van der Waals surface area contributed by atoms with Crippen LogP contribution in [0.5, 0.6) is 5.75 Å². The van der Waals surface area contributed by atoms with Gasteiger partial charge in [-0.1, -0.05) is 45.7 Å². The second-order valence-electron chi connectivity index (χ2n) is 3.23. The van der Waals surface area contributed by atoms with E-state index >= 15 is 0 Å². The lowest BCUT2D eigenvalue weighted by molar-refractivity contribution is 0.477. The summed E-state index contributed by atoms with van der Waals surface area (Å²) in [5.41, 5.74) is 0.681. The fraction of sp³-hybridized carbons (Fsp3) is 0. The Hall–Kier alpha value is -1.06. The van der Waals surface area contributed by atoms with Gasteiger partial charge in [0.25, 0.3) is 0 Å². The van der Waals surface area contributed by atoms with Crippen LogP contribution >= 0.6 is 27.5 Å². The van der Waals surface area contributed by atoms with Gasteiger partial charge in [-0.3, -0.25) is 0 Å². The third-order valence-corrected chi connectivity index (χ3v) is 3.18. The smallest absolute Gasteiger partial charge is 0.142 e. The number of phenolic OH excluding ortho intramolecular Hbond substituents is 1. The molecule has 2 rings (SSSR count). The van der Waals surface area contributed by atoms with Crippen LogP contribution in [0.2, 0.25) is 5.02 Å². The first-order valence-electron chi connectivity index (χ1n) is 4.53. The molecule has 1 nitrogen and oxygen atoms in total. The minimum atomic E-state index is -0.410. The van der Waals surface area contributed by atoms with Crippen LogP contribution < -0.4 is 0 Å². The van der Waals surface area contributed by atoms with E-state index in [0.717, 1.165) is 0 Å². The van der Waals surface area contributed by atoms with E-state index < -0.39 is 5.82 Å². The maximum Gasteiger partial charge on any atom is 0.142 e. The minimum absolute atomic E-state index is 0.116. The van der Waals surface area contributed by atoms with E-state index in [1.165, 1.54) is 6.07 Å². The monoisotopic (exact) mass is 300 g/mol. The Morgan fingerprint density at radius 3 is 2.50 bits per heavy atom. The number of hydrogen-bond acceptors (Lipinski definition) is 1. The van der Waals surface area contributed by atoms with Crippen molar-refractivity contribution in [2.45, 2.75) is 0 Å². The minimum Gasteiger partial charge on any atom is -0.506 e. The summed E-state index contributed by atoms with van der Waals surface area (Å²) in [5, 5.41) is 9.98. The Morgan fingerprint density at radius 2 is 1.81 bits per heavy atom. The molecule has 0 saturated carbocycles. The van der Waals surface area contributed by atoms with Gasteiger partial charge in [0.05, 0.1) is 5.02 Å². The zero-order chi connectivity index (χ0) is 11.7. The van der Waals surface area contributed by atoms with E-state index in [1.54, 1.807) is 30.3 Å². The van der Waals surface area contributed by atoms with Crippen molar-refractivity contribution < 1.29 is 9.50 Å². The van der Waals surface area contributed by atoms with Gasteiger partial charge in [-0.2, -0.15) is 0 Å². The predicted octanol–water partition coefficient (Wildman–Crippen LogP) is 4.61. The van der Waals surface area contributed by atoms with E-state index in [0.29, 0.717) is 15.6 Å². The van der Waals surface area contributed by atoms with E-state index in [4.69, 9.17) is 11.6 Å². The average Bonchev–Trinajstić information content (AvgIpc) is 2.24. The Labute approximate surface area is 106 Å². The molecule has 0 radical (unpaired) electrons. The SMILES string of the molecule is Oc1c(Cl)cccc1-c1c(F)cccc1Br. The molecule has 82 valence electrons. The average molecular weight is 302 g/mol. The summed E-state index contributed by atoms with van der Waals surface area (Å²) < 4.78 is 14.2. The second-order valence-corrected chi connectivity index (χ2v) is 4.49. The number of phenols is 1. The molecule has 0 fully saturated rings. The number of benzene rings is 2. The first-order chi connectivity index (χ1) is 7.61. The highest BCUT2D eigenvalue weighted by molar-refractivity contribution is 9.10. The maximum atomic E-state index is 13.7. The van der Waals surface area contributed by atoms with Gasteiger partial charge in [-0.15, -0.1) is 0 Å². The van der Waals surface area contributed by atoms with Crippen molar-refractivity contribution in [2.75, 3.05) is 0 Å². The van der Waals surface area contributed by atoms with Gasteiger partial charge in [0, 0.05) is 15.6 Å². The molecule has 0 heterocycles. The number of aromatic hydroxyl groups is 1. The van der Waals surface area contributed by atoms with Gasteiger partial charge in [-0.25, -0.2) is 4.39 Å². The van der Waals surface area contributed by atoms with E-state index in [-0.39, 0.29) is 10.8 Å². The molecule has 0 aliphatic carbocycles. The molecule has 1 N–H and O–H groups in total. The molecule has 0 aliphatic heterocycles. The molecule has 16 heavy (non-hydrogen) atoms. The van der Waals surface area contributed by atoms with Gasteiger partial charge in [0.2, 0.25) is 0 Å². The molecule has 0 spiro atoms. The lowest BCUT2D eigenvalue weighted by Gasteiger charge is -2.09. The molecule has 2 aromatic rings. The van der Waals surface area contributed by atoms with Crippen LogP contribution in [0, 0.1) is 5.82 Å². The van der Waals surface area contributed by atoms with Crippen LogP contribution in [0.15, 0.2) is 40.9 Å². The predicted molar refractivity (Wildman–Crippen MR) is 66.2 cm³/mol. The quantitative estimate of drug-likeness (QED) is 0.815. The van der Waals surface area contributed by atoms with Crippen molar-refractivity contribution in [1.82, 2.24) is 0 Å². The Kier molecular flexibility index (Phi) is 3.17. The summed E-state index contributed by atoms with van der Waals surface area (Å²) >= 11 is 9.03. The van der Waals surface area contributed by atoms with Gasteiger partial charge < -0.3 is 5.11 Å². The van der Waals surface area contributed by atoms with Crippen LogP contribution in [-0.4, -0.2) is 5.11 Å². The van der Waals surface area contributed by atoms with Crippen LogP contribution in [0.4, 0.5) is 4.39 Å². The van der Waals surface area contributed by atoms with E-state index in [9.17, 15) is 9.50 Å². The molecular formula is C12H7BrClFO. The standard InChI is InChI=1S/C12H7BrClFO/c13-8-4-2-6-10(15)11(8)7-3-1-5-9(14)12(7)16/h1-6,16H. The molecular weight excluding hydrogens is 294 g/mol. The van der Waals surface area contributed by atoms with Crippen molar-refractivity contribution in [2.24, 2.45) is 0 Å². The van der Waals surface area contributed by atoms with Crippen LogP contribution in [0.1, 0.15) is 0 Å². The van der Waals surface area contributed by atoms with Crippen molar-refractivity contribution in [3.8, 4) is 16.9 Å². The molecule has 0 amide bonds. The zero-order valence-corrected chi connectivity index (χ0v) is 10.4. The third kappa shape index (κ3) is 1.93. The highest BCUT2D eigenvalue weighted by Gasteiger charge is 2.14. The van der Waals surface area contributed by atoms with Gasteiger partial charge in [0.15, 0.2) is 0 Å². The second kappa shape index (κ2) is 4.44. The molecule has 0 atom stereocenters. The fourth-order valence-corrected chi connectivity index (χ4v) is 2.20. The summed E-state index contributed by atoms with van der Waals surface area (Å²) in [7, 11) is 0. The van der Waals surface area contributed by atoms with Crippen molar-refractivity contribution in [1.29, 1.82) is 0 Å². The van der Waals surface area contributed by atoms with Gasteiger partial charge >= 0.3 is 0 Å². The van der Waals surface area contributed by atoms with E-state index in [2.05, 4.69) is 15.9 Å². The lowest BCUT2D eigenvalue weighted by atomic mass is 10.0. The molecule has 0 unspecified atom stereocenters. The van der Waals surface area contributed by atoms with Crippen LogP contribution in [0.25, 0.3) is 11.1 Å². The maximum absolute atomic E-state index is 13.7. The number of para-hydroxylation sites is 1. The summed E-state index contributed by atoms with van der Waals surface area (Å²) in [5.74, 6) is -0.526. The molecule has 2 aromatic carbocycles. The van der Waals surface area contributed by atoms with Gasteiger partial charge in [-0.05, 0) is 18.2 Å². The summed E-state index contributed by atoms with van der Waals surface area (Å²) in [6.45, 7) is 0. The van der Waals surface area contributed by atoms with Crippen LogP contribution in [0.3, 0.4) is 0 Å². The van der Waals surface area contributed by atoms with Crippen molar-refractivity contribution in [3.63, 3.8) is 0 Å². The summed E-state index contributed by atoms with van der Waals surface area (Å²) in [4.78, 5) is 0. The molecule has 0 bridgehead atoms. The third-order valence-electron chi connectivity index (χ3n) is 2.22. The topological polar surface area (TPSA) is 20.2 Å². The summed E-state index contributed by atoms with van der Waals surface area (Å²) in [6.07, 6.45) is 0. The Morgan fingerprint density at radius 1 is 1.12 bits per heavy atom. The van der Waals surface area contributed by atoms with Gasteiger partial charge in [0.1, 0.15) is 11.6 Å². The highest BCUT2D eigenvalue weighted by Crippen LogP contribution is 2.39. The number of rotatable bonds is 1. The van der Waals surface area contributed by atoms with Crippen molar-refractivity contribution >= 4 is 27.5 Å². The fourth-order valence-electron chi connectivity index (χ4n) is 1.47. The normalized spacial score (nSPS) is 10.4. The zero-order valence-electron chi connectivity index (χ0n) is 8.05. The Bertz CT molecular complexity index is 522. The van der Waals surface area contributed by atoms with Crippen molar-refractivity contribution in [3.05, 3.63) is 51.7 Å². The first-order valence-corrected chi connectivity index (χ1v) is 5.70.